The number of aliphatic hydroxyl groups is 2. The number of carbonyl (C=O) groups excluding carboxylic acids is 2. The topological polar surface area (TPSA) is 74.6 Å². The van der Waals surface area contributed by atoms with Crippen LogP contribution in [0.5, 0.6) is 0 Å². The van der Waals surface area contributed by atoms with Crippen LogP contribution in [0.4, 0.5) is 0 Å². The molecular formula is C22H28Cl2O4. The van der Waals surface area contributed by atoms with Crippen molar-refractivity contribution in [2.75, 3.05) is 5.88 Å². The monoisotopic (exact) mass is 426 g/mol. The van der Waals surface area contributed by atoms with E-state index in [1.807, 2.05) is 26.8 Å². The van der Waals surface area contributed by atoms with Gasteiger partial charge < -0.3 is 10.2 Å². The number of rotatable bonds is 2. The molecule has 4 aliphatic rings. The van der Waals surface area contributed by atoms with E-state index < -0.39 is 27.4 Å². The summed E-state index contributed by atoms with van der Waals surface area (Å²) in [7, 11) is 0. The Morgan fingerprint density at radius 3 is 2.64 bits per heavy atom. The van der Waals surface area contributed by atoms with E-state index in [4.69, 9.17) is 23.2 Å². The molecule has 0 bridgehead atoms. The Morgan fingerprint density at radius 1 is 1.32 bits per heavy atom. The van der Waals surface area contributed by atoms with Gasteiger partial charge in [0, 0.05) is 10.8 Å². The van der Waals surface area contributed by atoms with Crippen molar-refractivity contribution in [3.63, 3.8) is 0 Å². The van der Waals surface area contributed by atoms with Crippen LogP contribution in [0.25, 0.3) is 0 Å². The number of allylic oxidation sites excluding steroid dienone is 4. The molecule has 0 radical (unpaired) electrons. The van der Waals surface area contributed by atoms with E-state index in [0.29, 0.717) is 6.42 Å². The van der Waals surface area contributed by atoms with Gasteiger partial charge in [-0.3, -0.25) is 9.59 Å². The maximum absolute atomic E-state index is 12.7. The SMILES string of the molecule is C[C@@H]1C[C@H]2[C@@H]3CCC4=CC(=O)C=C[C@]4(C)[C@@]3(Cl)C(O)C[C@]2(C)[C@@]1(O)C(=O)CCl. The predicted octanol–water partition coefficient (Wildman–Crippen LogP) is 3.41. The van der Waals surface area contributed by atoms with Crippen LogP contribution < -0.4 is 0 Å². The highest BCUT2D eigenvalue weighted by Gasteiger charge is 2.74. The van der Waals surface area contributed by atoms with Crippen molar-refractivity contribution in [1.29, 1.82) is 0 Å². The highest BCUT2D eigenvalue weighted by molar-refractivity contribution is 6.29. The lowest BCUT2D eigenvalue weighted by atomic mass is 9.45. The number of hydrogen-bond acceptors (Lipinski definition) is 4. The maximum atomic E-state index is 12.7. The van der Waals surface area contributed by atoms with E-state index in [1.165, 1.54) is 0 Å². The van der Waals surface area contributed by atoms with E-state index in [1.54, 1.807) is 12.2 Å². The summed E-state index contributed by atoms with van der Waals surface area (Å²) in [6, 6.07) is 0. The molecule has 0 heterocycles. The Bertz CT molecular complexity index is 806. The van der Waals surface area contributed by atoms with Crippen LogP contribution in [-0.2, 0) is 9.59 Å². The molecule has 0 aromatic rings. The molecule has 154 valence electrons. The van der Waals surface area contributed by atoms with Crippen molar-refractivity contribution in [2.45, 2.75) is 63.0 Å². The molecule has 4 nitrogen and oxygen atoms in total. The normalized spacial score (nSPS) is 52.5. The van der Waals surface area contributed by atoms with Crippen molar-refractivity contribution in [1.82, 2.24) is 0 Å². The summed E-state index contributed by atoms with van der Waals surface area (Å²) in [5, 5.41) is 22.9. The lowest BCUT2D eigenvalue weighted by molar-refractivity contribution is -0.175. The summed E-state index contributed by atoms with van der Waals surface area (Å²) in [6.07, 6.45) is 6.47. The van der Waals surface area contributed by atoms with Crippen LogP contribution in [0.15, 0.2) is 23.8 Å². The fourth-order valence-corrected chi connectivity index (χ4v) is 7.97. The first-order valence-corrected chi connectivity index (χ1v) is 11.0. The Morgan fingerprint density at radius 2 is 2.00 bits per heavy atom. The molecule has 4 rings (SSSR count). The van der Waals surface area contributed by atoms with Gasteiger partial charge in [0.15, 0.2) is 11.6 Å². The van der Waals surface area contributed by atoms with Gasteiger partial charge >= 0.3 is 0 Å². The third kappa shape index (κ3) is 2.16. The molecular weight excluding hydrogens is 399 g/mol. The molecule has 0 aromatic carbocycles. The first-order valence-electron chi connectivity index (χ1n) is 10.1. The first kappa shape index (κ1) is 20.6. The van der Waals surface area contributed by atoms with Gasteiger partial charge in [-0.05, 0) is 55.6 Å². The highest BCUT2D eigenvalue weighted by atomic mass is 35.5. The van der Waals surface area contributed by atoms with Crippen molar-refractivity contribution in [3.8, 4) is 0 Å². The first-order chi connectivity index (χ1) is 13.0. The number of alkyl halides is 2. The van der Waals surface area contributed by atoms with Crippen LogP contribution in [0.2, 0.25) is 0 Å². The largest absolute Gasteiger partial charge is 0.391 e. The van der Waals surface area contributed by atoms with Crippen LogP contribution >= 0.6 is 23.2 Å². The molecule has 0 aliphatic heterocycles. The molecule has 0 aromatic heterocycles. The fourth-order valence-electron chi connectivity index (χ4n) is 7.24. The van der Waals surface area contributed by atoms with E-state index in [2.05, 4.69) is 0 Å². The van der Waals surface area contributed by atoms with Gasteiger partial charge in [-0.2, -0.15) is 0 Å². The molecule has 4 aliphatic carbocycles. The molecule has 3 saturated carbocycles. The van der Waals surface area contributed by atoms with Crippen LogP contribution in [0.3, 0.4) is 0 Å². The summed E-state index contributed by atoms with van der Waals surface area (Å²) < 4.78 is 0. The molecule has 1 unspecified atom stereocenters. The maximum Gasteiger partial charge on any atom is 0.179 e. The Kier molecular flexibility index (Phi) is 4.53. The molecule has 6 heteroatoms. The second-order valence-corrected chi connectivity index (χ2v) is 10.6. The molecule has 28 heavy (non-hydrogen) atoms. The minimum atomic E-state index is -1.56. The van der Waals surface area contributed by atoms with Gasteiger partial charge in [0.25, 0.3) is 0 Å². The molecule has 0 saturated heterocycles. The third-order valence-electron chi connectivity index (χ3n) is 8.77. The molecule has 0 amide bonds. The number of fused-ring (bicyclic) bond motifs is 5. The Hall–Kier alpha value is -0.680. The molecule has 0 spiro atoms. The number of Topliss-reactive ketones (excluding diaryl/α,β-unsaturated/α-hetero) is 1. The summed E-state index contributed by atoms with van der Waals surface area (Å²) in [5.41, 5.74) is -2.01. The van der Waals surface area contributed by atoms with Crippen LogP contribution in [-0.4, -0.2) is 44.2 Å². The predicted molar refractivity (Wildman–Crippen MR) is 108 cm³/mol. The lowest BCUT2D eigenvalue weighted by Crippen LogP contribution is -2.68. The molecule has 2 N–H and O–H groups in total. The minimum absolute atomic E-state index is 0.00929. The number of carbonyl (C=O) groups is 2. The summed E-state index contributed by atoms with van der Waals surface area (Å²) in [5.74, 6) is -1.00. The number of halogens is 2. The van der Waals surface area contributed by atoms with Crippen molar-refractivity contribution >= 4 is 34.8 Å². The zero-order valence-electron chi connectivity index (χ0n) is 16.5. The zero-order chi connectivity index (χ0) is 20.7. The Balaban J connectivity index is 1.84. The van der Waals surface area contributed by atoms with Crippen molar-refractivity contribution in [2.24, 2.45) is 28.6 Å². The minimum Gasteiger partial charge on any atom is -0.391 e. The summed E-state index contributed by atoms with van der Waals surface area (Å²) in [4.78, 5) is 23.7. The molecule has 3 fully saturated rings. The van der Waals surface area contributed by atoms with Gasteiger partial charge in [0.1, 0.15) is 5.60 Å². The average Bonchev–Trinajstić information content (AvgIpc) is 2.84. The van der Waals surface area contributed by atoms with E-state index in [-0.39, 0.29) is 41.6 Å². The molecule has 8 atom stereocenters. The number of hydrogen-bond donors (Lipinski definition) is 2. The smallest absolute Gasteiger partial charge is 0.179 e. The van der Waals surface area contributed by atoms with Gasteiger partial charge in [-0.15, -0.1) is 23.2 Å². The standard InChI is InChI=1S/C22H28Cl2O4/c1-12-8-16-15-5-4-13-9-14(25)6-7-19(13,2)21(15,24)17(26)10-20(16,3)22(12,28)18(27)11-23/h6-7,9,12,15-17,26,28H,4-5,8,10-11H2,1-3H3/t12-,15+,16+,17?,19+,20+,21+,22+/m1/s1. The second-order valence-electron chi connectivity index (χ2n) is 9.72. The van der Waals surface area contributed by atoms with Gasteiger partial charge in [-0.25, -0.2) is 0 Å². The Labute approximate surface area is 176 Å². The number of ketones is 2. The van der Waals surface area contributed by atoms with E-state index >= 15 is 0 Å². The third-order valence-corrected chi connectivity index (χ3v) is 9.94. The van der Waals surface area contributed by atoms with E-state index in [0.717, 1.165) is 18.4 Å². The lowest BCUT2D eigenvalue weighted by Gasteiger charge is -2.63. The summed E-state index contributed by atoms with van der Waals surface area (Å²) in [6.45, 7) is 5.81. The average molecular weight is 427 g/mol. The quantitative estimate of drug-likeness (QED) is 0.663. The van der Waals surface area contributed by atoms with Gasteiger partial charge in [0.2, 0.25) is 0 Å². The van der Waals surface area contributed by atoms with Crippen LogP contribution in [0, 0.1) is 28.6 Å². The highest BCUT2D eigenvalue weighted by Crippen LogP contribution is 2.71. The second kappa shape index (κ2) is 6.16. The van der Waals surface area contributed by atoms with E-state index in [9.17, 15) is 19.8 Å². The number of aliphatic hydroxyl groups excluding tert-OH is 1. The van der Waals surface area contributed by atoms with Gasteiger partial charge in [0.05, 0.1) is 16.9 Å². The van der Waals surface area contributed by atoms with Crippen LogP contribution in [0.1, 0.15) is 46.5 Å². The van der Waals surface area contributed by atoms with Crippen molar-refractivity contribution in [3.05, 3.63) is 23.8 Å². The van der Waals surface area contributed by atoms with Gasteiger partial charge in [-0.1, -0.05) is 32.4 Å². The van der Waals surface area contributed by atoms with Crippen molar-refractivity contribution < 1.29 is 19.8 Å². The zero-order valence-corrected chi connectivity index (χ0v) is 18.1. The fraction of sp³-hybridized carbons (Fsp3) is 0.727. The summed E-state index contributed by atoms with van der Waals surface area (Å²) >= 11 is 13.2.